The predicted molar refractivity (Wildman–Crippen MR) is 109 cm³/mol. The molecule has 2 aliphatic rings. The van der Waals surface area contributed by atoms with E-state index in [0.717, 1.165) is 23.8 Å². The molecule has 2 aliphatic heterocycles. The topological polar surface area (TPSA) is 90.8 Å². The fourth-order valence-corrected chi connectivity index (χ4v) is 4.32. The van der Waals surface area contributed by atoms with Crippen LogP contribution in [0.15, 0.2) is 30.3 Å². The molecule has 8 nitrogen and oxygen atoms in total. The minimum Gasteiger partial charge on any atom is -0.481 e. The van der Waals surface area contributed by atoms with Gasteiger partial charge in [0.15, 0.2) is 5.96 Å². The first kappa shape index (κ1) is 21.0. The summed E-state index contributed by atoms with van der Waals surface area (Å²) in [5.41, 5.74) is -0.500. The Bertz CT molecular complexity index is 1050. The van der Waals surface area contributed by atoms with Crippen LogP contribution in [0.2, 0.25) is 0 Å². The summed E-state index contributed by atoms with van der Waals surface area (Å²) in [5, 5.41) is 11.2. The first-order valence-corrected chi connectivity index (χ1v) is 9.67. The largest absolute Gasteiger partial charge is 0.481 e. The highest BCUT2D eigenvalue weighted by Gasteiger charge is 2.57. The van der Waals surface area contributed by atoms with Gasteiger partial charge in [-0.05, 0) is 29.8 Å². The zero-order valence-corrected chi connectivity index (χ0v) is 17.4. The Balaban J connectivity index is 1.82. The molecule has 0 spiro atoms. The van der Waals surface area contributed by atoms with Crippen molar-refractivity contribution in [1.29, 1.82) is 5.41 Å². The summed E-state index contributed by atoms with van der Waals surface area (Å²) in [6, 6.07) is 6.69. The Morgan fingerprint density at radius 2 is 2.06 bits per heavy atom. The molecule has 31 heavy (non-hydrogen) atoms. The lowest BCUT2D eigenvalue weighted by molar-refractivity contribution is -0.134. The van der Waals surface area contributed by atoms with Gasteiger partial charge in [-0.1, -0.05) is 0 Å². The number of anilines is 1. The first-order chi connectivity index (χ1) is 14.8. The molecule has 1 aromatic heterocycles. The van der Waals surface area contributed by atoms with Crippen LogP contribution in [0.25, 0.3) is 0 Å². The number of amides is 1. The van der Waals surface area contributed by atoms with Crippen LogP contribution in [0.4, 0.5) is 14.6 Å². The summed E-state index contributed by atoms with van der Waals surface area (Å²) < 4.78 is 39.5. The average molecular weight is 431 g/mol. The van der Waals surface area contributed by atoms with E-state index in [-0.39, 0.29) is 30.5 Å². The van der Waals surface area contributed by atoms with E-state index in [4.69, 9.17) is 14.9 Å². The van der Waals surface area contributed by atoms with Crippen LogP contribution < -0.4 is 15.0 Å². The predicted octanol–water partition coefficient (Wildman–Crippen LogP) is 1.84. The molecule has 2 saturated heterocycles. The molecule has 1 aromatic carbocycles. The van der Waals surface area contributed by atoms with Crippen molar-refractivity contribution in [2.24, 2.45) is 5.92 Å². The highest BCUT2D eigenvalue weighted by atomic mass is 19.1. The van der Waals surface area contributed by atoms with E-state index in [1.807, 2.05) is 4.90 Å². The summed E-state index contributed by atoms with van der Waals surface area (Å²) in [7, 11) is 4.55. The zero-order chi connectivity index (χ0) is 22.3. The molecule has 2 atom stereocenters. The number of guanidine groups is 1. The van der Waals surface area contributed by atoms with Crippen LogP contribution >= 0.6 is 0 Å². The fraction of sp³-hybridized carbons (Fsp3) is 0.381. The van der Waals surface area contributed by atoms with Gasteiger partial charge >= 0.3 is 0 Å². The fourth-order valence-electron chi connectivity index (χ4n) is 4.32. The van der Waals surface area contributed by atoms with Crippen molar-refractivity contribution in [2.75, 3.05) is 39.3 Å². The molecule has 3 heterocycles. The first-order valence-electron chi connectivity index (χ1n) is 9.67. The van der Waals surface area contributed by atoms with Gasteiger partial charge in [-0.15, -0.1) is 0 Å². The molecule has 1 amide bonds. The van der Waals surface area contributed by atoms with Crippen LogP contribution in [0, 0.1) is 23.0 Å². The molecule has 0 unspecified atom stereocenters. The van der Waals surface area contributed by atoms with Gasteiger partial charge in [-0.25, -0.2) is 8.78 Å². The van der Waals surface area contributed by atoms with E-state index in [2.05, 4.69) is 10.3 Å². The number of hydrogen-bond acceptors (Lipinski definition) is 6. The third-order valence-corrected chi connectivity index (χ3v) is 5.84. The number of fused-ring (bicyclic) bond motifs is 1. The van der Waals surface area contributed by atoms with Gasteiger partial charge in [0.25, 0.3) is 0 Å². The van der Waals surface area contributed by atoms with Crippen molar-refractivity contribution >= 4 is 17.7 Å². The normalized spacial score (nSPS) is 23.1. The summed E-state index contributed by atoms with van der Waals surface area (Å²) >= 11 is 0. The Morgan fingerprint density at radius 3 is 2.77 bits per heavy atom. The third kappa shape index (κ3) is 3.46. The number of hydrogen-bond donors (Lipinski definition) is 2. The summed E-state index contributed by atoms with van der Waals surface area (Å²) in [5.74, 6) is -1.67. The van der Waals surface area contributed by atoms with Crippen molar-refractivity contribution in [3.05, 3.63) is 53.1 Å². The number of halogens is 2. The number of aromatic nitrogens is 1. The second-order valence-electron chi connectivity index (χ2n) is 7.71. The maximum atomic E-state index is 14.9. The summed E-state index contributed by atoms with van der Waals surface area (Å²) in [6.07, 6.45) is 0. The molecule has 164 valence electrons. The number of rotatable bonds is 5. The lowest BCUT2D eigenvalue weighted by Crippen LogP contribution is -2.65. The Morgan fingerprint density at radius 1 is 1.29 bits per heavy atom. The SMILES string of the molecule is COCc1cc(OC)nc(N2C[C@H]3C(=O)N(C)C(=N)N[C@@]3(c3cc(F)ccc3F)C2)c1. The summed E-state index contributed by atoms with van der Waals surface area (Å²) in [6.45, 7) is 0.635. The lowest BCUT2D eigenvalue weighted by atomic mass is 9.78. The quantitative estimate of drug-likeness (QED) is 0.751. The van der Waals surface area contributed by atoms with Gasteiger partial charge in [0.2, 0.25) is 11.8 Å². The minimum atomic E-state index is -1.32. The smallest absolute Gasteiger partial charge is 0.236 e. The van der Waals surface area contributed by atoms with Gasteiger partial charge < -0.3 is 19.7 Å². The van der Waals surface area contributed by atoms with E-state index in [0.29, 0.717) is 18.3 Å². The molecule has 10 heteroatoms. The molecule has 2 aromatic rings. The second kappa shape index (κ2) is 7.77. The van der Waals surface area contributed by atoms with E-state index in [9.17, 15) is 13.6 Å². The van der Waals surface area contributed by atoms with Gasteiger partial charge in [-0.3, -0.25) is 15.1 Å². The van der Waals surface area contributed by atoms with Crippen LogP contribution in [0.1, 0.15) is 11.1 Å². The maximum Gasteiger partial charge on any atom is 0.236 e. The number of nitrogens with zero attached hydrogens (tertiary/aromatic N) is 3. The van der Waals surface area contributed by atoms with Crippen molar-refractivity contribution in [3.8, 4) is 5.88 Å². The number of pyridine rings is 1. The number of carbonyl (C=O) groups is 1. The van der Waals surface area contributed by atoms with E-state index >= 15 is 0 Å². The van der Waals surface area contributed by atoms with Crippen molar-refractivity contribution in [3.63, 3.8) is 0 Å². The number of benzene rings is 1. The molecule has 0 saturated carbocycles. The molecule has 0 aliphatic carbocycles. The second-order valence-corrected chi connectivity index (χ2v) is 7.71. The van der Waals surface area contributed by atoms with E-state index in [1.54, 1.807) is 19.2 Å². The van der Waals surface area contributed by atoms with Crippen LogP contribution in [-0.2, 0) is 21.7 Å². The molecule has 0 radical (unpaired) electrons. The number of ether oxygens (including phenoxy) is 2. The van der Waals surface area contributed by atoms with Crippen LogP contribution in [-0.4, -0.2) is 56.1 Å². The molecular weight excluding hydrogens is 408 g/mol. The third-order valence-electron chi connectivity index (χ3n) is 5.84. The average Bonchev–Trinajstić information content (AvgIpc) is 3.14. The molecular formula is C21H23F2N5O3. The van der Waals surface area contributed by atoms with Gasteiger partial charge in [0, 0.05) is 38.9 Å². The van der Waals surface area contributed by atoms with E-state index < -0.39 is 23.1 Å². The van der Waals surface area contributed by atoms with Gasteiger partial charge in [-0.2, -0.15) is 4.98 Å². The Hall–Kier alpha value is -3.27. The zero-order valence-electron chi connectivity index (χ0n) is 17.4. The molecule has 2 fully saturated rings. The highest BCUT2D eigenvalue weighted by molar-refractivity contribution is 6.01. The lowest BCUT2D eigenvalue weighted by Gasteiger charge is -2.43. The van der Waals surface area contributed by atoms with Crippen molar-refractivity contribution < 1.29 is 23.0 Å². The Kier molecular flexibility index (Phi) is 5.26. The van der Waals surface area contributed by atoms with Gasteiger partial charge in [0.1, 0.15) is 17.5 Å². The van der Waals surface area contributed by atoms with Gasteiger partial charge in [0.05, 0.1) is 25.2 Å². The summed E-state index contributed by atoms with van der Waals surface area (Å²) in [4.78, 5) is 20.6. The van der Waals surface area contributed by atoms with Crippen LogP contribution in [0.3, 0.4) is 0 Å². The van der Waals surface area contributed by atoms with Crippen molar-refractivity contribution in [2.45, 2.75) is 12.1 Å². The highest BCUT2D eigenvalue weighted by Crippen LogP contribution is 2.43. The molecule has 4 rings (SSSR count). The number of nitrogens with one attached hydrogen (secondary N) is 2. The standard InChI is InChI=1S/C21H23F2N5O3/c1-27-19(29)15-9-28(17-6-12(10-30-2)7-18(25-17)31-3)11-21(15,26-20(27)24)14-8-13(22)4-5-16(14)23/h4-8,15H,9-11H2,1-3H3,(H2,24,26)/t15-,21+/m0/s1. The minimum absolute atomic E-state index is 0.00575. The maximum absolute atomic E-state index is 14.9. The molecule has 2 N–H and O–H groups in total. The van der Waals surface area contributed by atoms with Crippen molar-refractivity contribution in [1.82, 2.24) is 15.2 Å². The number of methoxy groups -OCH3 is 2. The number of carbonyl (C=O) groups excluding carboxylic acids is 1. The Labute approximate surface area is 178 Å². The van der Waals surface area contributed by atoms with Crippen LogP contribution in [0.5, 0.6) is 5.88 Å². The monoisotopic (exact) mass is 431 g/mol. The van der Waals surface area contributed by atoms with E-state index in [1.165, 1.54) is 19.1 Å². The molecule has 0 bridgehead atoms.